The van der Waals surface area contributed by atoms with Gasteiger partial charge in [0.05, 0.1) is 7.11 Å². The van der Waals surface area contributed by atoms with E-state index in [-0.39, 0.29) is 11.9 Å². The molecule has 0 aliphatic heterocycles. The first kappa shape index (κ1) is 14.0. The molecule has 4 nitrogen and oxygen atoms in total. The van der Waals surface area contributed by atoms with Gasteiger partial charge in [-0.15, -0.1) is 0 Å². The van der Waals surface area contributed by atoms with Crippen molar-refractivity contribution in [3.8, 4) is 0 Å². The molecule has 1 rings (SSSR count). The van der Waals surface area contributed by atoms with Gasteiger partial charge in [0.2, 0.25) is 5.91 Å². The Morgan fingerprint density at radius 3 is 2.59 bits per heavy atom. The van der Waals surface area contributed by atoms with E-state index in [2.05, 4.69) is 10.1 Å². The van der Waals surface area contributed by atoms with E-state index in [1.165, 1.54) is 26.4 Å². The van der Waals surface area contributed by atoms with Gasteiger partial charge in [0.15, 0.2) is 0 Å². The number of ether oxygens (including phenoxy) is 1. The quantitative estimate of drug-likeness (QED) is 0.522. The van der Waals surface area contributed by atoms with Crippen LogP contribution < -0.4 is 5.32 Å². The van der Waals surface area contributed by atoms with Crippen LogP contribution in [0.5, 0.6) is 0 Å². The summed E-state index contributed by atoms with van der Waals surface area (Å²) in [5, 5.41) is 2.93. The van der Waals surface area contributed by atoms with E-state index in [9.17, 15) is 9.59 Å². The van der Waals surface area contributed by atoms with E-state index in [1.54, 1.807) is 0 Å². The zero-order valence-electron chi connectivity index (χ0n) is 10.7. The zero-order chi connectivity index (χ0) is 12.5. The van der Waals surface area contributed by atoms with Gasteiger partial charge < -0.3 is 10.1 Å². The van der Waals surface area contributed by atoms with Gasteiger partial charge in [-0.3, -0.25) is 9.59 Å². The topological polar surface area (TPSA) is 55.4 Å². The second kappa shape index (κ2) is 8.09. The summed E-state index contributed by atoms with van der Waals surface area (Å²) in [5.41, 5.74) is 0. The van der Waals surface area contributed by atoms with Crippen LogP contribution in [0.1, 0.15) is 51.4 Å². The average molecular weight is 241 g/mol. The number of rotatable bonds is 8. The Hall–Kier alpha value is -1.06. The Morgan fingerprint density at radius 2 is 2.00 bits per heavy atom. The number of esters is 1. The third kappa shape index (κ3) is 6.29. The molecule has 0 atom stereocenters. The molecule has 0 radical (unpaired) electrons. The molecule has 0 spiro atoms. The second-order valence-electron chi connectivity index (χ2n) is 4.74. The Kier molecular flexibility index (Phi) is 6.67. The molecule has 17 heavy (non-hydrogen) atoms. The summed E-state index contributed by atoms with van der Waals surface area (Å²) in [6.45, 7) is 0.729. The maximum atomic E-state index is 11.4. The highest BCUT2D eigenvalue weighted by atomic mass is 16.5. The molecule has 1 amide bonds. The van der Waals surface area contributed by atoms with Crippen molar-refractivity contribution in [2.24, 2.45) is 5.92 Å². The third-order valence-electron chi connectivity index (χ3n) is 3.31. The summed E-state index contributed by atoms with van der Waals surface area (Å²) < 4.78 is 4.55. The van der Waals surface area contributed by atoms with Crippen molar-refractivity contribution in [1.82, 2.24) is 5.32 Å². The molecular formula is C13H23NO3. The Balaban J connectivity index is 1.86. The number of carbonyl (C=O) groups excluding carboxylic acids is 2. The highest BCUT2D eigenvalue weighted by Gasteiger charge is 2.20. The van der Waals surface area contributed by atoms with Gasteiger partial charge in [-0.2, -0.15) is 0 Å². The Labute approximate surface area is 103 Å². The van der Waals surface area contributed by atoms with Crippen molar-refractivity contribution in [3.63, 3.8) is 0 Å². The summed E-state index contributed by atoms with van der Waals surface area (Å²) in [5.74, 6) is 0.663. The van der Waals surface area contributed by atoms with E-state index in [0.29, 0.717) is 18.8 Å². The number of unbranched alkanes of at least 4 members (excludes halogenated alkanes) is 2. The molecule has 0 aromatic heterocycles. The van der Waals surface area contributed by atoms with Crippen molar-refractivity contribution in [2.45, 2.75) is 51.4 Å². The molecular weight excluding hydrogens is 218 g/mol. The minimum atomic E-state index is -0.154. The van der Waals surface area contributed by atoms with Crippen LogP contribution >= 0.6 is 0 Å². The van der Waals surface area contributed by atoms with E-state index < -0.39 is 0 Å². The largest absolute Gasteiger partial charge is 0.469 e. The second-order valence-corrected chi connectivity index (χ2v) is 4.74. The normalized spacial score (nSPS) is 15.1. The highest BCUT2D eigenvalue weighted by Crippen LogP contribution is 2.28. The van der Waals surface area contributed by atoms with Crippen molar-refractivity contribution in [2.75, 3.05) is 13.7 Å². The van der Waals surface area contributed by atoms with E-state index in [4.69, 9.17) is 0 Å². The van der Waals surface area contributed by atoms with Gasteiger partial charge in [0.1, 0.15) is 0 Å². The van der Waals surface area contributed by atoms with Gasteiger partial charge >= 0.3 is 5.97 Å². The van der Waals surface area contributed by atoms with Gasteiger partial charge in [0.25, 0.3) is 0 Å². The minimum absolute atomic E-state index is 0.154. The summed E-state index contributed by atoms with van der Waals surface area (Å²) in [6.07, 6.45) is 7.62. The van der Waals surface area contributed by atoms with Gasteiger partial charge in [-0.1, -0.05) is 12.8 Å². The first-order valence-corrected chi connectivity index (χ1v) is 6.56. The van der Waals surface area contributed by atoms with Crippen LogP contribution in [-0.2, 0) is 14.3 Å². The lowest BCUT2D eigenvalue weighted by atomic mass is 9.83. The fourth-order valence-electron chi connectivity index (χ4n) is 1.93. The van der Waals surface area contributed by atoms with Crippen LogP contribution in [0.3, 0.4) is 0 Å². The Bertz CT molecular complexity index is 249. The molecule has 1 aliphatic carbocycles. The molecule has 1 fully saturated rings. The smallest absolute Gasteiger partial charge is 0.305 e. The van der Waals surface area contributed by atoms with Crippen molar-refractivity contribution < 1.29 is 14.3 Å². The van der Waals surface area contributed by atoms with Crippen molar-refractivity contribution in [1.29, 1.82) is 0 Å². The first-order valence-electron chi connectivity index (χ1n) is 6.56. The molecule has 0 bridgehead atoms. The van der Waals surface area contributed by atoms with Crippen LogP contribution in [0.2, 0.25) is 0 Å². The minimum Gasteiger partial charge on any atom is -0.469 e. The van der Waals surface area contributed by atoms with Crippen LogP contribution in [0.15, 0.2) is 0 Å². The molecule has 1 saturated carbocycles. The zero-order valence-corrected chi connectivity index (χ0v) is 10.7. The fourth-order valence-corrected chi connectivity index (χ4v) is 1.93. The molecule has 0 heterocycles. The van der Waals surface area contributed by atoms with E-state index in [0.717, 1.165) is 25.8 Å². The number of nitrogens with one attached hydrogen (secondary N) is 1. The van der Waals surface area contributed by atoms with Crippen LogP contribution in [0, 0.1) is 5.92 Å². The lowest BCUT2D eigenvalue weighted by Crippen LogP contribution is -2.28. The molecule has 1 N–H and O–H groups in total. The van der Waals surface area contributed by atoms with Crippen LogP contribution in [0.4, 0.5) is 0 Å². The lowest BCUT2D eigenvalue weighted by molar-refractivity contribution is -0.140. The maximum Gasteiger partial charge on any atom is 0.305 e. The highest BCUT2D eigenvalue weighted by molar-refractivity contribution is 5.76. The van der Waals surface area contributed by atoms with Crippen LogP contribution in [-0.4, -0.2) is 25.5 Å². The summed E-state index contributed by atoms with van der Waals surface area (Å²) >= 11 is 0. The van der Waals surface area contributed by atoms with Crippen LogP contribution in [0.25, 0.3) is 0 Å². The number of hydrogen-bond donors (Lipinski definition) is 1. The molecule has 0 aromatic rings. The lowest BCUT2D eigenvalue weighted by Gasteiger charge is -2.24. The van der Waals surface area contributed by atoms with Gasteiger partial charge in [0, 0.05) is 19.4 Å². The maximum absolute atomic E-state index is 11.4. The number of amides is 1. The summed E-state index contributed by atoms with van der Waals surface area (Å²) in [6, 6.07) is 0. The summed E-state index contributed by atoms with van der Waals surface area (Å²) in [7, 11) is 1.41. The molecule has 98 valence electrons. The number of carbonyl (C=O) groups is 2. The predicted octanol–water partition coefficient (Wildman–Crippen LogP) is 2.03. The monoisotopic (exact) mass is 241 g/mol. The molecule has 4 heteroatoms. The van der Waals surface area contributed by atoms with E-state index >= 15 is 0 Å². The number of methoxy groups -OCH3 is 1. The first-order chi connectivity index (χ1) is 8.22. The molecule has 0 unspecified atom stereocenters. The SMILES string of the molecule is COC(=O)CCCCCNC(=O)CC1CCC1. The summed E-state index contributed by atoms with van der Waals surface area (Å²) in [4.78, 5) is 22.3. The number of hydrogen-bond acceptors (Lipinski definition) is 3. The molecule has 1 aliphatic rings. The fraction of sp³-hybridized carbons (Fsp3) is 0.846. The molecule has 0 aromatic carbocycles. The van der Waals surface area contributed by atoms with Gasteiger partial charge in [-0.25, -0.2) is 0 Å². The van der Waals surface area contributed by atoms with Gasteiger partial charge in [-0.05, 0) is 31.6 Å². The van der Waals surface area contributed by atoms with Crippen molar-refractivity contribution >= 4 is 11.9 Å². The predicted molar refractivity (Wildman–Crippen MR) is 65.5 cm³/mol. The van der Waals surface area contributed by atoms with Crippen molar-refractivity contribution in [3.05, 3.63) is 0 Å². The standard InChI is InChI=1S/C13H23NO3/c1-17-13(16)8-3-2-4-9-14-12(15)10-11-6-5-7-11/h11H,2-10H2,1H3,(H,14,15). The molecule has 0 saturated heterocycles. The third-order valence-corrected chi connectivity index (χ3v) is 3.31. The Morgan fingerprint density at radius 1 is 1.24 bits per heavy atom. The average Bonchev–Trinajstić information content (AvgIpc) is 2.28. The van der Waals surface area contributed by atoms with E-state index in [1.807, 2.05) is 0 Å².